The third-order valence-electron chi connectivity index (χ3n) is 3.07. The number of nitrogens with zero attached hydrogens (tertiary/aromatic N) is 1. The molecule has 0 atom stereocenters. The Balaban J connectivity index is 2.36. The third kappa shape index (κ3) is 2.88. The van der Waals surface area contributed by atoms with Gasteiger partial charge in [0.05, 0.1) is 12.3 Å². The van der Waals surface area contributed by atoms with Gasteiger partial charge in [-0.15, -0.1) is 0 Å². The number of hydrogen-bond donors (Lipinski definition) is 1. The lowest BCUT2D eigenvalue weighted by Crippen LogP contribution is -2.36. The van der Waals surface area contributed by atoms with Crippen molar-refractivity contribution < 1.29 is 17.5 Å². The maximum atomic E-state index is 13.4. The van der Waals surface area contributed by atoms with Crippen LogP contribution in [0.2, 0.25) is 0 Å². The normalized spacial score (nSPS) is 15.9. The Morgan fingerprint density at radius 3 is 2.74 bits per heavy atom. The molecule has 0 spiro atoms. The monoisotopic (exact) mass is 288 g/mol. The van der Waals surface area contributed by atoms with Gasteiger partial charge in [-0.25, -0.2) is 12.8 Å². The number of halogens is 1. The highest BCUT2D eigenvalue weighted by Gasteiger charge is 2.38. The Morgan fingerprint density at radius 1 is 1.47 bits per heavy atom. The summed E-state index contributed by atoms with van der Waals surface area (Å²) in [5, 5.41) is 0. The van der Waals surface area contributed by atoms with Crippen LogP contribution in [0.4, 0.5) is 10.1 Å². The van der Waals surface area contributed by atoms with E-state index in [1.165, 1.54) is 23.5 Å². The Labute approximate surface area is 112 Å². The topological polar surface area (TPSA) is 72.6 Å². The summed E-state index contributed by atoms with van der Waals surface area (Å²) >= 11 is 0. The van der Waals surface area contributed by atoms with Crippen molar-refractivity contribution in [2.45, 2.75) is 23.8 Å². The number of ether oxygens (including phenoxy) is 1. The second-order valence-electron chi connectivity index (χ2n) is 4.49. The molecule has 1 saturated carbocycles. The molecule has 106 valence electrons. The lowest BCUT2D eigenvalue weighted by atomic mass is 10.3. The molecular formula is C12H17FN2O3S. The Kier molecular flexibility index (Phi) is 4.07. The van der Waals surface area contributed by atoms with Gasteiger partial charge in [-0.3, -0.25) is 0 Å². The van der Waals surface area contributed by atoms with E-state index in [2.05, 4.69) is 0 Å². The fourth-order valence-corrected chi connectivity index (χ4v) is 3.71. The smallest absolute Gasteiger partial charge is 0.245 e. The molecule has 1 fully saturated rings. The highest BCUT2D eigenvalue weighted by molar-refractivity contribution is 7.89. The molecule has 0 saturated heterocycles. The van der Waals surface area contributed by atoms with Gasteiger partial charge in [0.1, 0.15) is 10.7 Å². The summed E-state index contributed by atoms with van der Waals surface area (Å²) in [6.07, 6.45) is 1.64. The van der Waals surface area contributed by atoms with Gasteiger partial charge in [-0.2, -0.15) is 4.31 Å². The van der Waals surface area contributed by atoms with Crippen molar-refractivity contribution in [3.63, 3.8) is 0 Å². The highest BCUT2D eigenvalue weighted by atomic mass is 32.2. The summed E-state index contributed by atoms with van der Waals surface area (Å²) in [5.74, 6) is -0.719. The summed E-state index contributed by atoms with van der Waals surface area (Å²) in [4.78, 5) is -0.171. The van der Waals surface area contributed by atoms with Gasteiger partial charge in [-0.05, 0) is 25.0 Å². The fraction of sp³-hybridized carbons (Fsp3) is 0.500. The van der Waals surface area contributed by atoms with Crippen LogP contribution < -0.4 is 5.73 Å². The predicted octanol–water partition coefficient (Wildman–Crippen LogP) is 1.21. The number of anilines is 1. The number of hydrogen-bond acceptors (Lipinski definition) is 4. The van der Waals surface area contributed by atoms with Crippen molar-refractivity contribution in [1.82, 2.24) is 4.31 Å². The summed E-state index contributed by atoms with van der Waals surface area (Å²) < 4.78 is 44.7. The van der Waals surface area contributed by atoms with Gasteiger partial charge < -0.3 is 10.5 Å². The largest absolute Gasteiger partial charge is 0.395 e. The van der Waals surface area contributed by atoms with Crippen molar-refractivity contribution in [1.29, 1.82) is 0 Å². The Morgan fingerprint density at radius 2 is 2.16 bits per heavy atom. The molecule has 1 aromatic rings. The van der Waals surface area contributed by atoms with Gasteiger partial charge >= 0.3 is 0 Å². The zero-order valence-electron chi connectivity index (χ0n) is 10.7. The lowest BCUT2D eigenvalue weighted by molar-refractivity contribution is 0.177. The second kappa shape index (κ2) is 5.44. The third-order valence-corrected chi connectivity index (χ3v) is 5.08. The van der Waals surface area contributed by atoms with Crippen molar-refractivity contribution in [2.75, 3.05) is 26.0 Å². The molecule has 7 heteroatoms. The number of para-hydroxylation sites is 1. The van der Waals surface area contributed by atoms with E-state index in [9.17, 15) is 12.8 Å². The number of rotatable bonds is 6. The first-order valence-corrected chi connectivity index (χ1v) is 7.47. The minimum Gasteiger partial charge on any atom is -0.395 e. The number of benzene rings is 1. The average Bonchev–Trinajstić information content (AvgIpc) is 3.17. The van der Waals surface area contributed by atoms with Gasteiger partial charge in [0.25, 0.3) is 0 Å². The molecule has 0 amide bonds. The van der Waals surface area contributed by atoms with Gasteiger partial charge in [0.2, 0.25) is 10.0 Å². The molecule has 1 aliphatic carbocycles. The highest BCUT2D eigenvalue weighted by Crippen LogP contribution is 2.33. The molecule has 0 unspecified atom stereocenters. The van der Waals surface area contributed by atoms with E-state index in [-0.39, 0.29) is 23.2 Å². The van der Waals surface area contributed by atoms with E-state index in [1.54, 1.807) is 0 Å². The van der Waals surface area contributed by atoms with Crippen LogP contribution in [-0.4, -0.2) is 39.0 Å². The summed E-state index contributed by atoms with van der Waals surface area (Å²) in [6, 6.07) is 3.80. The van der Waals surface area contributed by atoms with Crippen molar-refractivity contribution >= 4 is 15.7 Å². The quantitative estimate of drug-likeness (QED) is 0.799. The van der Waals surface area contributed by atoms with Crippen LogP contribution in [0.15, 0.2) is 23.1 Å². The zero-order valence-corrected chi connectivity index (χ0v) is 11.5. The van der Waals surface area contributed by atoms with Gasteiger partial charge in [0, 0.05) is 19.7 Å². The molecule has 0 bridgehead atoms. The zero-order chi connectivity index (χ0) is 14.0. The number of nitrogen functional groups attached to an aromatic ring is 1. The number of methoxy groups -OCH3 is 1. The molecule has 1 aromatic carbocycles. The van der Waals surface area contributed by atoms with E-state index >= 15 is 0 Å². The summed E-state index contributed by atoms with van der Waals surface area (Å²) in [6.45, 7) is 0.546. The van der Waals surface area contributed by atoms with Crippen molar-refractivity contribution in [3.05, 3.63) is 24.0 Å². The maximum absolute atomic E-state index is 13.4. The molecule has 5 nitrogen and oxygen atoms in total. The Bertz CT molecular complexity index is 558. The minimum atomic E-state index is -3.77. The van der Waals surface area contributed by atoms with Crippen molar-refractivity contribution in [3.8, 4) is 0 Å². The number of nitrogens with two attached hydrogens (primary N) is 1. The maximum Gasteiger partial charge on any atom is 0.245 e. The lowest BCUT2D eigenvalue weighted by Gasteiger charge is -2.22. The number of sulfonamides is 1. The summed E-state index contributed by atoms with van der Waals surface area (Å²) in [7, 11) is -2.27. The van der Waals surface area contributed by atoms with Crippen LogP contribution in [0.5, 0.6) is 0 Å². The van der Waals surface area contributed by atoms with Crippen LogP contribution in [0.3, 0.4) is 0 Å². The SMILES string of the molecule is COCCN(C1CC1)S(=O)(=O)c1cccc(F)c1N. The van der Waals surface area contributed by atoms with E-state index < -0.39 is 15.8 Å². The minimum absolute atomic E-state index is 0.0252. The van der Waals surface area contributed by atoms with E-state index in [0.717, 1.165) is 18.9 Å². The van der Waals surface area contributed by atoms with E-state index in [4.69, 9.17) is 10.5 Å². The summed E-state index contributed by atoms with van der Waals surface area (Å²) in [5.41, 5.74) is 5.22. The van der Waals surface area contributed by atoms with E-state index in [1.807, 2.05) is 0 Å². The van der Waals surface area contributed by atoms with Crippen molar-refractivity contribution in [2.24, 2.45) is 0 Å². The first-order valence-electron chi connectivity index (χ1n) is 6.03. The molecule has 1 aliphatic rings. The van der Waals surface area contributed by atoms with Crippen LogP contribution in [0.1, 0.15) is 12.8 Å². The average molecular weight is 288 g/mol. The van der Waals surface area contributed by atoms with Crippen LogP contribution in [0, 0.1) is 5.82 Å². The van der Waals surface area contributed by atoms with Crippen LogP contribution in [-0.2, 0) is 14.8 Å². The standard InChI is InChI=1S/C12H17FN2O3S/c1-18-8-7-15(9-5-6-9)19(16,17)11-4-2-3-10(13)12(11)14/h2-4,9H,5-8,14H2,1H3. The van der Waals surface area contributed by atoms with Gasteiger partial charge in [0.15, 0.2) is 0 Å². The molecule has 2 N–H and O–H groups in total. The fourth-order valence-electron chi connectivity index (χ4n) is 1.91. The first-order chi connectivity index (χ1) is 8.98. The van der Waals surface area contributed by atoms with Gasteiger partial charge in [-0.1, -0.05) is 6.07 Å². The predicted molar refractivity (Wildman–Crippen MR) is 69.6 cm³/mol. The molecular weight excluding hydrogens is 271 g/mol. The van der Waals surface area contributed by atoms with E-state index in [0.29, 0.717) is 6.61 Å². The molecule has 19 heavy (non-hydrogen) atoms. The first kappa shape index (κ1) is 14.2. The molecule has 0 aromatic heterocycles. The van der Waals surface area contributed by atoms with Crippen LogP contribution in [0.25, 0.3) is 0 Å². The molecule has 0 radical (unpaired) electrons. The molecule has 0 aliphatic heterocycles. The molecule has 0 heterocycles. The second-order valence-corrected chi connectivity index (χ2v) is 6.35. The Hall–Kier alpha value is -1.18. The van der Waals surface area contributed by atoms with Crippen LogP contribution >= 0.6 is 0 Å². The molecule has 2 rings (SSSR count).